The summed E-state index contributed by atoms with van der Waals surface area (Å²) in [4.78, 5) is 2.22. The van der Waals surface area contributed by atoms with Crippen molar-refractivity contribution < 1.29 is 14.6 Å². The van der Waals surface area contributed by atoms with Crippen molar-refractivity contribution in [2.24, 2.45) is 5.92 Å². The molecule has 0 aromatic heterocycles. The first-order valence-corrected chi connectivity index (χ1v) is 7.69. The molecule has 21 heavy (non-hydrogen) atoms. The van der Waals surface area contributed by atoms with Crippen LogP contribution in [-0.2, 0) is 11.2 Å². The molecule has 1 heterocycles. The van der Waals surface area contributed by atoms with Gasteiger partial charge in [0.1, 0.15) is 5.75 Å². The van der Waals surface area contributed by atoms with E-state index in [1.807, 2.05) is 18.2 Å². The molecule has 3 atom stereocenters. The van der Waals surface area contributed by atoms with Crippen LogP contribution in [0.1, 0.15) is 18.9 Å². The zero-order valence-corrected chi connectivity index (χ0v) is 13.3. The second kappa shape index (κ2) is 7.78. The van der Waals surface area contributed by atoms with Gasteiger partial charge in [-0.2, -0.15) is 0 Å². The number of para-hydroxylation sites is 1. The third kappa shape index (κ3) is 4.43. The van der Waals surface area contributed by atoms with E-state index in [-0.39, 0.29) is 12.0 Å². The summed E-state index contributed by atoms with van der Waals surface area (Å²) in [7, 11) is 3.77. The highest BCUT2D eigenvalue weighted by Gasteiger charge is 2.26. The van der Waals surface area contributed by atoms with E-state index in [2.05, 4.69) is 24.9 Å². The lowest BCUT2D eigenvalue weighted by atomic mass is 10.00. The second-order valence-electron chi connectivity index (χ2n) is 6.00. The fraction of sp³-hybridized carbons (Fsp3) is 0.647. The normalized spacial score (nSPS) is 21.5. The molecule has 118 valence electrons. The lowest BCUT2D eigenvalue weighted by Crippen LogP contribution is -2.40. The van der Waals surface area contributed by atoms with Crippen LogP contribution < -0.4 is 4.74 Å². The average molecular weight is 293 g/mol. The summed E-state index contributed by atoms with van der Waals surface area (Å²) in [5.74, 6) is 1.22. The molecule has 1 aliphatic heterocycles. The Balaban J connectivity index is 1.88. The zero-order chi connectivity index (χ0) is 15.2. The molecule has 0 amide bonds. The number of ether oxygens (including phenoxy) is 2. The van der Waals surface area contributed by atoms with E-state index in [9.17, 15) is 5.11 Å². The van der Waals surface area contributed by atoms with Crippen molar-refractivity contribution in [3.05, 3.63) is 29.8 Å². The number of likely N-dealkylation sites (N-methyl/N-ethyl adjacent to an activating group) is 1. The van der Waals surface area contributed by atoms with Gasteiger partial charge in [0.05, 0.1) is 19.8 Å². The Morgan fingerprint density at radius 1 is 1.43 bits per heavy atom. The number of rotatable bonds is 7. The van der Waals surface area contributed by atoms with Crippen molar-refractivity contribution in [1.29, 1.82) is 0 Å². The highest BCUT2D eigenvalue weighted by atomic mass is 16.5. The topological polar surface area (TPSA) is 41.9 Å². The Hall–Kier alpha value is -1.10. The predicted molar refractivity (Wildman–Crippen MR) is 83.7 cm³/mol. The molecule has 1 aromatic carbocycles. The lowest BCUT2D eigenvalue weighted by Gasteiger charge is -2.29. The maximum Gasteiger partial charge on any atom is 0.122 e. The number of hydrogen-bond donors (Lipinski definition) is 1. The Kier molecular flexibility index (Phi) is 6.03. The fourth-order valence-electron chi connectivity index (χ4n) is 2.83. The van der Waals surface area contributed by atoms with Crippen LogP contribution in [0.5, 0.6) is 5.75 Å². The number of hydrogen-bond acceptors (Lipinski definition) is 4. The van der Waals surface area contributed by atoms with E-state index >= 15 is 0 Å². The molecule has 1 aromatic rings. The van der Waals surface area contributed by atoms with E-state index in [1.165, 1.54) is 5.56 Å². The van der Waals surface area contributed by atoms with Gasteiger partial charge in [-0.05, 0) is 38.4 Å². The van der Waals surface area contributed by atoms with Gasteiger partial charge in [0.2, 0.25) is 0 Å². The molecular formula is C17H27NO3. The monoisotopic (exact) mass is 293 g/mol. The summed E-state index contributed by atoms with van der Waals surface area (Å²) in [6.45, 7) is 4.34. The van der Waals surface area contributed by atoms with Crippen LogP contribution in [0.4, 0.5) is 0 Å². The van der Waals surface area contributed by atoms with Gasteiger partial charge < -0.3 is 19.5 Å². The molecule has 1 saturated heterocycles. The van der Waals surface area contributed by atoms with E-state index in [1.54, 1.807) is 7.11 Å². The van der Waals surface area contributed by atoms with Gasteiger partial charge in [-0.15, -0.1) is 0 Å². The molecule has 0 radical (unpaired) electrons. The summed E-state index contributed by atoms with van der Waals surface area (Å²) < 4.78 is 10.8. The quantitative estimate of drug-likeness (QED) is 0.834. The minimum Gasteiger partial charge on any atom is -0.496 e. The van der Waals surface area contributed by atoms with Crippen molar-refractivity contribution in [3.8, 4) is 5.75 Å². The highest BCUT2D eigenvalue weighted by Crippen LogP contribution is 2.21. The number of nitrogens with zero attached hydrogens (tertiary/aromatic N) is 1. The first-order valence-electron chi connectivity index (χ1n) is 7.69. The maximum atomic E-state index is 10.3. The molecule has 0 aliphatic carbocycles. The summed E-state index contributed by atoms with van der Waals surface area (Å²) >= 11 is 0. The van der Waals surface area contributed by atoms with Crippen molar-refractivity contribution in [2.75, 3.05) is 33.9 Å². The molecule has 1 N–H and O–H groups in total. The summed E-state index contributed by atoms with van der Waals surface area (Å²) in [6, 6.07) is 8.46. The molecule has 1 aliphatic rings. The molecule has 1 fully saturated rings. The molecule has 2 rings (SSSR count). The number of methoxy groups -OCH3 is 1. The molecule has 4 heteroatoms. The number of aliphatic hydroxyl groups is 1. The average Bonchev–Trinajstić information content (AvgIpc) is 3.02. The third-order valence-corrected chi connectivity index (χ3v) is 4.44. The van der Waals surface area contributed by atoms with Gasteiger partial charge >= 0.3 is 0 Å². The van der Waals surface area contributed by atoms with Gasteiger partial charge in [-0.25, -0.2) is 0 Å². The van der Waals surface area contributed by atoms with Crippen LogP contribution >= 0.6 is 0 Å². The van der Waals surface area contributed by atoms with Gasteiger partial charge in [-0.1, -0.05) is 18.2 Å². The Morgan fingerprint density at radius 3 is 2.86 bits per heavy atom. The van der Waals surface area contributed by atoms with Crippen molar-refractivity contribution in [3.63, 3.8) is 0 Å². The Morgan fingerprint density at radius 2 is 2.19 bits per heavy atom. The SMILES string of the molecule is COc1ccccc1CC(C)N(C)CC(O)C1CCOC1. The van der Waals surface area contributed by atoms with Crippen molar-refractivity contribution in [1.82, 2.24) is 4.90 Å². The Bertz CT molecular complexity index is 432. The molecular weight excluding hydrogens is 266 g/mol. The third-order valence-electron chi connectivity index (χ3n) is 4.44. The number of aliphatic hydroxyl groups excluding tert-OH is 1. The van der Waals surface area contributed by atoms with Crippen LogP contribution in [0, 0.1) is 5.92 Å². The fourth-order valence-corrected chi connectivity index (χ4v) is 2.83. The van der Waals surface area contributed by atoms with Crippen LogP contribution in [-0.4, -0.2) is 56.1 Å². The molecule has 0 bridgehead atoms. The highest BCUT2D eigenvalue weighted by molar-refractivity contribution is 5.33. The first kappa shape index (κ1) is 16.3. The number of benzene rings is 1. The van der Waals surface area contributed by atoms with Gasteiger partial charge in [0, 0.05) is 25.1 Å². The van der Waals surface area contributed by atoms with Crippen LogP contribution in [0.3, 0.4) is 0 Å². The van der Waals surface area contributed by atoms with E-state index < -0.39 is 0 Å². The molecule has 0 saturated carbocycles. The van der Waals surface area contributed by atoms with Crippen molar-refractivity contribution >= 4 is 0 Å². The zero-order valence-electron chi connectivity index (χ0n) is 13.3. The van der Waals surface area contributed by atoms with Crippen LogP contribution in [0.15, 0.2) is 24.3 Å². The van der Waals surface area contributed by atoms with Crippen molar-refractivity contribution in [2.45, 2.75) is 31.9 Å². The predicted octanol–water partition coefficient (Wildman–Crippen LogP) is 1.96. The second-order valence-corrected chi connectivity index (χ2v) is 6.00. The largest absolute Gasteiger partial charge is 0.496 e. The van der Waals surface area contributed by atoms with Gasteiger partial charge in [-0.3, -0.25) is 0 Å². The van der Waals surface area contributed by atoms with Gasteiger partial charge in [0.25, 0.3) is 0 Å². The van der Waals surface area contributed by atoms with E-state index in [4.69, 9.17) is 9.47 Å². The maximum absolute atomic E-state index is 10.3. The molecule has 3 unspecified atom stereocenters. The minimum absolute atomic E-state index is 0.283. The Labute approximate surface area is 127 Å². The summed E-state index contributed by atoms with van der Waals surface area (Å²) in [6.07, 6.45) is 1.57. The lowest BCUT2D eigenvalue weighted by molar-refractivity contribution is 0.0533. The molecule has 4 nitrogen and oxygen atoms in total. The summed E-state index contributed by atoms with van der Waals surface area (Å²) in [5.41, 5.74) is 1.21. The standard InChI is InChI=1S/C17H27NO3/c1-13(10-14-6-4-5-7-17(14)20-3)18(2)11-16(19)15-8-9-21-12-15/h4-7,13,15-16,19H,8-12H2,1-3H3. The summed E-state index contributed by atoms with van der Waals surface area (Å²) in [5, 5.41) is 10.3. The van der Waals surface area contributed by atoms with Crippen LogP contribution in [0.2, 0.25) is 0 Å². The van der Waals surface area contributed by atoms with Crippen LogP contribution in [0.25, 0.3) is 0 Å². The smallest absolute Gasteiger partial charge is 0.122 e. The van der Waals surface area contributed by atoms with Gasteiger partial charge in [0.15, 0.2) is 0 Å². The van der Waals surface area contributed by atoms with E-state index in [0.29, 0.717) is 19.2 Å². The minimum atomic E-state index is -0.308. The first-order chi connectivity index (χ1) is 10.1. The molecule has 0 spiro atoms. The van der Waals surface area contributed by atoms with E-state index in [0.717, 1.165) is 25.2 Å².